The van der Waals surface area contributed by atoms with Gasteiger partial charge in [-0.25, -0.2) is 4.98 Å². The fraction of sp³-hybridized carbons (Fsp3) is 0.500. The van der Waals surface area contributed by atoms with Gasteiger partial charge in [0.05, 0.1) is 12.5 Å². The molecule has 1 fully saturated rings. The summed E-state index contributed by atoms with van der Waals surface area (Å²) in [4.78, 5) is 8.70. The van der Waals surface area contributed by atoms with Gasteiger partial charge < -0.3 is 15.1 Å². The first-order valence-electron chi connectivity index (χ1n) is 8.30. The van der Waals surface area contributed by atoms with Gasteiger partial charge in [0, 0.05) is 19.0 Å². The summed E-state index contributed by atoms with van der Waals surface area (Å²) in [6, 6.07) is 6.30. The smallest absolute Gasteiger partial charge is 0.224 e. The quantitative estimate of drug-likeness (QED) is 0.846. The Morgan fingerprint density at radius 2 is 2.29 bits per heavy atom. The molecule has 0 aromatic carbocycles. The van der Waals surface area contributed by atoms with Crippen LogP contribution in [0.3, 0.4) is 0 Å². The minimum Gasteiger partial charge on any atom is -0.469 e. The molecule has 6 heteroatoms. The second-order valence-corrected chi connectivity index (χ2v) is 6.98. The number of furan rings is 1. The molecule has 0 bridgehead atoms. The Morgan fingerprint density at radius 3 is 2.92 bits per heavy atom. The standard InChI is InChI=1S/C18H23N5O/c1-12-9-15(18(12,2)3)22-16-13(10-19)11-21-17(23-16)20-7-6-14-5-4-8-24-14/h4-5,8,11-12,15H,6-7,9H2,1-3H3,(H2,20,21,22,23)/t12-,15+/m0/s1. The van der Waals surface area contributed by atoms with E-state index in [1.807, 2.05) is 12.1 Å². The van der Waals surface area contributed by atoms with Crippen LogP contribution in [0.15, 0.2) is 29.0 Å². The second kappa shape index (κ2) is 6.52. The van der Waals surface area contributed by atoms with Crippen molar-refractivity contribution >= 4 is 11.8 Å². The summed E-state index contributed by atoms with van der Waals surface area (Å²) in [6.07, 6.45) is 5.08. The van der Waals surface area contributed by atoms with Gasteiger partial charge in [-0.3, -0.25) is 0 Å². The van der Waals surface area contributed by atoms with E-state index in [0.717, 1.165) is 18.6 Å². The maximum atomic E-state index is 9.29. The van der Waals surface area contributed by atoms with Crippen molar-refractivity contribution in [3.63, 3.8) is 0 Å². The lowest BCUT2D eigenvalue weighted by Crippen LogP contribution is -2.52. The van der Waals surface area contributed by atoms with Crippen LogP contribution in [0.1, 0.15) is 38.5 Å². The number of aromatic nitrogens is 2. The number of nitriles is 1. The van der Waals surface area contributed by atoms with E-state index >= 15 is 0 Å². The van der Waals surface area contributed by atoms with Gasteiger partial charge in [-0.2, -0.15) is 10.2 Å². The van der Waals surface area contributed by atoms with Crippen molar-refractivity contribution in [1.82, 2.24) is 9.97 Å². The SMILES string of the molecule is C[C@H]1C[C@@H](Nc2nc(NCCc3ccco3)ncc2C#N)C1(C)C. The number of hydrogen-bond acceptors (Lipinski definition) is 6. The number of hydrogen-bond donors (Lipinski definition) is 2. The summed E-state index contributed by atoms with van der Waals surface area (Å²) < 4.78 is 5.30. The molecule has 126 valence electrons. The molecule has 0 radical (unpaired) electrons. The van der Waals surface area contributed by atoms with E-state index < -0.39 is 0 Å². The fourth-order valence-electron chi connectivity index (χ4n) is 2.97. The number of rotatable bonds is 6. The van der Waals surface area contributed by atoms with Crippen LogP contribution in [0.2, 0.25) is 0 Å². The molecule has 1 aliphatic carbocycles. The van der Waals surface area contributed by atoms with Gasteiger partial charge in [0.1, 0.15) is 23.2 Å². The second-order valence-electron chi connectivity index (χ2n) is 6.98. The normalized spacial score (nSPS) is 21.6. The lowest BCUT2D eigenvalue weighted by atomic mass is 9.59. The minimum atomic E-state index is 0.199. The van der Waals surface area contributed by atoms with Gasteiger partial charge >= 0.3 is 0 Å². The highest BCUT2D eigenvalue weighted by Crippen LogP contribution is 2.47. The Bertz CT molecular complexity index is 732. The maximum Gasteiger partial charge on any atom is 0.224 e. The summed E-state index contributed by atoms with van der Waals surface area (Å²) in [5.41, 5.74) is 0.673. The third kappa shape index (κ3) is 3.21. The average Bonchev–Trinajstić information content (AvgIpc) is 3.08. The summed E-state index contributed by atoms with van der Waals surface area (Å²) in [7, 11) is 0. The van der Waals surface area contributed by atoms with Gasteiger partial charge in [0.25, 0.3) is 0 Å². The van der Waals surface area contributed by atoms with Crippen LogP contribution >= 0.6 is 0 Å². The maximum absolute atomic E-state index is 9.29. The third-order valence-corrected chi connectivity index (χ3v) is 5.21. The van der Waals surface area contributed by atoms with Crippen LogP contribution in [0.4, 0.5) is 11.8 Å². The van der Waals surface area contributed by atoms with Crippen molar-refractivity contribution in [2.24, 2.45) is 11.3 Å². The largest absolute Gasteiger partial charge is 0.469 e. The summed E-state index contributed by atoms with van der Waals surface area (Å²) >= 11 is 0. The van der Waals surface area contributed by atoms with Crippen molar-refractivity contribution in [3.8, 4) is 6.07 Å². The number of nitrogens with zero attached hydrogens (tertiary/aromatic N) is 3. The first-order chi connectivity index (χ1) is 11.5. The van der Waals surface area contributed by atoms with Crippen LogP contribution in [-0.4, -0.2) is 22.6 Å². The highest BCUT2D eigenvalue weighted by Gasteiger charge is 2.45. The lowest BCUT2D eigenvalue weighted by Gasteiger charge is -2.51. The molecule has 1 saturated carbocycles. The Balaban J connectivity index is 1.66. The van der Waals surface area contributed by atoms with Gasteiger partial charge in [0.15, 0.2) is 0 Å². The van der Waals surface area contributed by atoms with Crippen LogP contribution in [0.25, 0.3) is 0 Å². The Morgan fingerprint density at radius 1 is 1.46 bits per heavy atom. The Labute approximate surface area is 142 Å². The van der Waals surface area contributed by atoms with Gasteiger partial charge in [0.2, 0.25) is 5.95 Å². The molecule has 6 nitrogen and oxygen atoms in total. The minimum absolute atomic E-state index is 0.199. The van der Waals surface area contributed by atoms with Crippen molar-refractivity contribution < 1.29 is 4.42 Å². The first-order valence-corrected chi connectivity index (χ1v) is 8.30. The fourth-order valence-corrected chi connectivity index (χ4v) is 2.97. The highest BCUT2D eigenvalue weighted by molar-refractivity contribution is 5.54. The zero-order valence-electron chi connectivity index (χ0n) is 14.3. The summed E-state index contributed by atoms with van der Waals surface area (Å²) in [5, 5.41) is 15.9. The first kappa shape index (κ1) is 16.3. The zero-order chi connectivity index (χ0) is 17.2. The molecule has 2 N–H and O–H groups in total. The molecule has 3 rings (SSSR count). The van der Waals surface area contributed by atoms with E-state index in [4.69, 9.17) is 4.42 Å². The van der Waals surface area contributed by atoms with Crippen LogP contribution < -0.4 is 10.6 Å². The van der Waals surface area contributed by atoms with Crippen molar-refractivity contribution in [2.45, 2.75) is 39.7 Å². The van der Waals surface area contributed by atoms with E-state index in [2.05, 4.69) is 47.4 Å². The predicted molar refractivity (Wildman–Crippen MR) is 92.6 cm³/mol. The van der Waals surface area contributed by atoms with E-state index in [0.29, 0.717) is 35.8 Å². The average molecular weight is 325 g/mol. The van der Waals surface area contributed by atoms with Crippen LogP contribution in [0.5, 0.6) is 0 Å². The van der Waals surface area contributed by atoms with Crippen molar-refractivity contribution in [1.29, 1.82) is 5.26 Å². The Hall–Kier alpha value is -2.55. The molecule has 0 aliphatic heterocycles. The van der Waals surface area contributed by atoms with Gasteiger partial charge in [-0.05, 0) is 29.9 Å². The predicted octanol–water partition coefficient (Wildman–Crippen LogP) is 3.44. The molecule has 2 atom stereocenters. The number of anilines is 2. The molecule has 2 aromatic rings. The summed E-state index contributed by atoms with van der Waals surface area (Å²) in [5.74, 6) is 2.71. The lowest BCUT2D eigenvalue weighted by molar-refractivity contribution is 0.0654. The molecular weight excluding hydrogens is 302 g/mol. The molecule has 0 amide bonds. The van der Waals surface area contributed by atoms with Crippen molar-refractivity contribution in [3.05, 3.63) is 35.9 Å². The monoisotopic (exact) mass is 325 g/mol. The Kier molecular flexibility index (Phi) is 4.43. The van der Waals surface area contributed by atoms with Gasteiger partial charge in [-0.1, -0.05) is 20.8 Å². The van der Waals surface area contributed by atoms with Gasteiger partial charge in [-0.15, -0.1) is 0 Å². The molecule has 1 aliphatic rings. The molecule has 24 heavy (non-hydrogen) atoms. The summed E-state index contributed by atoms with van der Waals surface area (Å²) in [6.45, 7) is 7.42. The van der Waals surface area contributed by atoms with E-state index in [-0.39, 0.29) is 5.41 Å². The van der Waals surface area contributed by atoms with Crippen molar-refractivity contribution in [2.75, 3.05) is 17.2 Å². The van der Waals surface area contributed by atoms with Crippen LogP contribution in [-0.2, 0) is 6.42 Å². The molecule has 2 aromatic heterocycles. The molecule has 2 heterocycles. The van der Waals surface area contributed by atoms with E-state index in [9.17, 15) is 5.26 Å². The molecule has 0 spiro atoms. The molecule has 0 saturated heterocycles. The highest BCUT2D eigenvalue weighted by atomic mass is 16.3. The number of nitrogens with one attached hydrogen (secondary N) is 2. The molecule has 0 unspecified atom stereocenters. The zero-order valence-corrected chi connectivity index (χ0v) is 14.3. The van der Waals surface area contributed by atoms with E-state index in [1.165, 1.54) is 0 Å². The third-order valence-electron chi connectivity index (χ3n) is 5.21. The van der Waals surface area contributed by atoms with E-state index in [1.54, 1.807) is 12.5 Å². The van der Waals surface area contributed by atoms with Crippen LogP contribution in [0, 0.1) is 22.7 Å². The topological polar surface area (TPSA) is 86.8 Å². The molecular formula is C18H23N5O.